The van der Waals surface area contributed by atoms with Gasteiger partial charge < -0.3 is 4.74 Å². The Hall–Kier alpha value is -2.72. The maximum Gasteiger partial charge on any atom is 0.416 e. The largest absolute Gasteiger partial charge is 0.456 e. The van der Waals surface area contributed by atoms with E-state index >= 15 is 0 Å². The number of amides is 1. The van der Waals surface area contributed by atoms with E-state index in [1.54, 1.807) is 22.2 Å². The number of esters is 1. The Kier molecular flexibility index (Phi) is 5.80. The Labute approximate surface area is 166 Å². The number of benzene rings is 1. The second kappa shape index (κ2) is 8.11. The van der Waals surface area contributed by atoms with Crippen molar-refractivity contribution in [2.45, 2.75) is 19.7 Å². The topological polar surface area (TPSA) is 59.5 Å². The van der Waals surface area contributed by atoms with Gasteiger partial charge in [0, 0.05) is 17.7 Å². The van der Waals surface area contributed by atoms with Crippen LogP contribution in [0.25, 0.3) is 0 Å². The molecule has 0 spiro atoms. The van der Waals surface area contributed by atoms with E-state index in [4.69, 9.17) is 4.74 Å². The Morgan fingerprint density at radius 3 is 2.64 bits per heavy atom. The minimum atomic E-state index is -4.53. The van der Waals surface area contributed by atoms with Crippen LogP contribution in [-0.4, -0.2) is 16.9 Å². The summed E-state index contributed by atoms with van der Waals surface area (Å²) >= 11 is 2.43. The van der Waals surface area contributed by atoms with E-state index in [2.05, 4.69) is 4.98 Å². The van der Waals surface area contributed by atoms with Crippen LogP contribution in [0.2, 0.25) is 0 Å². The third-order valence-electron chi connectivity index (χ3n) is 3.59. The average Bonchev–Trinajstić information content (AvgIpc) is 3.31. The number of thiazole rings is 1. The molecule has 5 nitrogen and oxygen atoms in total. The van der Waals surface area contributed by atoms with Crippen LogP contribution in [0, 0.1) is 0 Å². The molecule has 0 radical (unpaired) electrons. The highest BCUT2D eigenvalue weighted by Gasteiger charge is 2.31. The molecular weight excluding hydrogens is 413 g/mol. The molecule has 10 heteroatoms. The molecule has 146 valence electrons. The van der Waals surface area contributed by atoms with Crippen LogP contribution in [0.1, 0.15) is 28.5 Å². The fraction of sp³-hybridized carbons (Fsp3) is 0.167. The zero-order chi connectivity index (χ0) is 20.3. The molecule has 1 amide bonds. The summed E-state index contributed by atoms with van der Waals surface area (Å²) in [6.45, 7) is 1.12. The minimum absolute atomic E-state index is 0.0542. The number of thiophene rings is 1. The fourth-order valence-corrected chi connectivity index (χ4v) is 3.81. The third kappa shape index (κ3) is 4.57. The molecule has 2 aromatic heterocycles. The maximum absolute atomic E-state index is 13.0. The summed E-state index contributed by atoms with van der Waals surface area (Å²) in [5, 5.41) is 5.17. The van der Waals surface area contributed by atoms with Gasteiger partial charge in [-0.1, -0.05) is 6.07 Å². The van der Waals surface area contributed by atoms with E-state index < -0.39 is 23.6 Å². The summed E-state index contributed by atoms with van der Waals surface area (Å²) in [7, 11) is 0. The summed E-state index contributed by atoms with van der Waals surface area (Å²) < 4.78 is 44.1. The van der Waals surface area contributed by atoms with Gasteiger partial charge in [0.05, 0.1) is 22.5 Å². The van der Waals surface area contributed by atoms with Crippen LogP contribution in [0.5, 0.6) is 0 Å². The Bertz CT molecular complexity index is 984. The highest BCUT2D eigenvalue weighted by molar-refractivity contribution is 7.14. The summed E-state index contributed by atoms with van der Waals surface area (Å²) in [6, 6.07) is 6.07. The van der Waals surface area contributed by atoms with Gasteiger partial charge >= 0.3 is 12.1 Å². The van der Waals surface area contributed by atoms with Gasteiger partial charge in [-0.25, -0.2) is 9.78 Å². The van der Waals surface area contributed by atoms with Crippen molar-refractivity contribution in [3.8, 4) is 0 Å². The van der Waals surface area contributed by atoms with Gasteiger partial charge in [0.15, 0.2) is 5.13 Å². The standard InChI is InChI=1S/C18H13F3N2O3S2/c1-11(24)23(15-4-2-3-13(7-15)18(19,20)21)17-22-14(10-28-17)8-26-16(25)12-5-6-27-9-12/h2-7,9-10H,8H2,1H3. The molecule has 28 heavy (non-hydrogen) atoms. The lowest BCUT2D eigenvalue weighted by Gasteiger charge is -2.19. The van der Waals surface area contributed by atoms with Crippen molar-refractivity contribution in [3.63, 3.8) is 0 Å². The summed E-state index contributed by atoms with van der Waals surface area (Å²) in [5.41, 5.74) is 0.00722. The van der Waals surface area contributed by atoms with Crippen molar-refractivity contribution in [3.05, 3.63) is 63.3 Å². The normalized spacial score (nSPS) is 11.3. The first-order chi connectivity index (χ1) is 13.3. The molecule has 2 heterocycles. The third-order valence-corrected chi connectivity index (χ3v) is 5.14. The first kappa shape index (κ1) is 20.0. The smallest absolute Gasteiger partial charge is 0.416 e. The lowest BCUT2D eigenvalue weighted by Crippen LogP contribution is -2.23. The van der Waals surface area contributed by atoms with E-state index in [-0.39, 0.29) is 17.4 Å². The van der Waals surface area contributed by atoms with Gasteiger partial charge in [-0.3, -0.25) is 9.69 Å². The number of alkyl halides is 3. The number of rotatable bonds is 5. The molecule has 0 bridgehead atoms. The molecule has 3 rings (SSSR count). The number of anilines is 2. The zero-order valence-electron chi connectivity index (χ0n) is 14.4. The molecule has 0 unspecified atom stereocenters. The number of carbonyl (C=O) groups excluding carboxylic acids is 2. The van der Waals surface area contributed by atoms with Gasteiger partial charge in [-0.05, 0) is 29.6 Å². The molecule has 1 aromatic carbocycles. The Balaban J connectivity index is 1.79. The van der Waals surface area contributed by atoms with Crippen molar-refractivity contribution >= 4 is 45.4 Å². The van der Waals surface area contributed by atoms with Crippen molar-refractivity contribution in [1.82, 2.24) is 4.98 Å². The summed E-state index contributed by atoms with van der Waals surface area (Å²) in [5.74, 6) is -0.993. The van der Waals surface area contributed by atoms with Crippen LogP contribution < -0.4 is 4.90 Å². The second-order valence-corrected chi connectivity index (χ2v) is 7.23. The van der Waals surface area contributed by atoms with Gasteiger partial charge in [-0.2, -0.15) is 24.5 Å². The van der Waals surface area contributed by atoms with E-state index in [1.807, 2.05) is 0 Å². The van der Waals surface area contributed by atoms with Crippen molar-refractivity contribution < 1.29 is 27.5 Å². The minimum Gasteiger partial charge on any atom is -0.456 e. The van der Waals surface area contributed by atoms with Gasteiger partial charge in [0.25, 0.3) is 0 Å². The predicted octanol–water partition coefficient (Wildman–Crippen LogP) is 5.27. The Morgan fingerprint density at radius 2 is 2.00 bits per heavy atom. The van der Waals surface area contributed by atoms with E-state index in [0.29, 0.717) is 11.3 Å². The van der Waals surface area contributed by atoms with E-state index in [0.717, 1.165) is 28.4 Å². The maximum atomic E-state index is 13.0. The number of carbonyl (C=O) groups is 2. The predicted molar refractivity (Wildman–Crippen MR) is 99.8 cm³/mol. The number of nitrogens with zero attached hydrogens (tertiary/aromatic N) is 2. The quantitative estimate of drug-likeness (QED) is 0.522. The first-order valence-electron chi connectivity index (χ1n) is 7.87. The van der Waals surface area contributed by atoms with E-state index in [1.165, 1.54) is 30.4 Å². The van der Waals surface area contributed by atoms with Crippen LogP contribution in [0.3, 0.4) is 0 Å². The molecular formula is C18H13F3N2O3S2. The van der Waals surface area contributed by atoms with E-state index in [9.17, 15) is 22.8 Å². The number of ether oxygens (including phenoxy) is 1. The monoisotopic (exact) mass is 426 g/mol. The van der Waals surface area contributed by atoms with Gasteiger partial charge in [-0.15, -0.1) is 11.3 Å². The fourth-order valence-electron chi connectivity index (χ4n) is 2.32. The second-order valence-electron chi connectivity index (χ2n) is 5.61. The SMILES string of the molecule is CC(=O)N(c1cccc(C(F)(F)F)c1)c1nc(COC(=O)c2ccsc2)cs1. The van der Waals surface area contributed by atoms with Gasteiger partial charge in [0.2, 0.25) is 5.91 Å². The molecule has 0 aliphatic rings. The molecule has 0 saturated heterocycles. The molecule has 0 saturated carbocycles. The number of aromatic nitrogens is 1. The van der Waals surface area contributed by atoms with Crippen molar-refractivity contribution in [1.29, 1.82) is 0 Å². The summed E-state index contributed by atoms with van der Waals surface area (Å²) in [6.07, 6.45) is -4.53. The average molecular weight is 426 g/mol. The molecule has 3 aromatic rings. The molecule has 0 fully saturated rings. The highest BCUT2D eigenvalue weighted by Crippen LogP contribution is 2.35. The number of hydrogen-bond acceptors (Lipinski definition) is 6. The van der Waals surface area contributed by atoms with Crippen molar-refractivity contribution in [2.75, 3.05) is 4.90 Å². The lowest BCUT2D eigenvalue weighted by molar-refractivity contribution is -0.137. The molecule has 0 N–H and O–H groups in total. The lowest BCUT2D eigenvalue weighted by atomic mass is 10.2. The molecule has 0 aliphatic carbocycles. The zero-order valence-corrected chi connectivity index (χ0v) is 16.0. The molecule has 0 aliphatic heterocycles. The highest BCUT2D eigenvalue weighted by atomic mass is 32.1. The number of hydrogen-bond donors (Lipinski definition) is 0. The van der Waals surface area contributed by atoms with Crippen molar-refractivity contribution in [2.24, 2.45) is 0 Å². The van der Waals surface area contributed by atoms with Crippen LogP contribution in [-0.2, 0) is 22.3 Å². The first-order valence-corrected chi connectivity index (χ1v) is 9.69. The Morgan fingerprint density at radius 1 is 1.21 bits per heavy atom. The summed E-state index contributed by atoms with van der Waals surface area (Å²) in [4.78, 5) is 29.2. The van der Waals surface area contributed by atoms with Crippen LogP contribution in [0.15, 0.2) is 46.5 Å². The van der Waals surface area contributed by atoms with Gasteiger partial charge in [0.1, 0.15) is 6.61 Å². The van der Waals surface area contributed by atoms with Crippen LogP contribution >= 0.6 is 22.7 Å². The molecule has 0 atom stereocenters. The number of halogens is 3. The van der Waals surface area contributed by atoms with Crippen LogP contribution in [0.4, 0.5) is 24.0 Å².